The summed E-state index contributed by atoms with van der Waals surface area (Å²) in [5.41, 5.74) is 0. The normalized spacial score (nSPS) is 23.6. The van der Waals surface area contributed by atoms with Crippen molar-refractivity contribution in [3.05, 3.63) is 0 Å². The van der Waals surface area contributed by atoms with Crippen LogP contribution in [0.5, 0.6) is 0 Å². The summed E-state index contributed by atoms with van der Waals surface area (Å²) in [5, 5.41) is 0. The molecule has 0 saturated heterocycles. The van der Waals surface area contributed by atoms with Crippen LogP contribution in [0.2, 0.25) is 0 Å². The minimum atomic E-state index is 0.787. The topological polar surface area (TPSA) is 0 Å². The summed E-state index contributed by atoms with van der Waals surface area (Å²) < 4.78 is 0. The van der Waals surface area contributed by atoms with E-state index in [2.05, 4.69) is 22.9 Å². The lowest BCUT2D eigenvalue weighted by Crippen LogP contribution is -2.14. The Hall–Kier alpha value is 0.480. The molecule has 1 fully saturated rings. The fourth-order valence-corrected chi connectivity index (χ4v) is 4.05. The van der Waals surface area contributed by atoms with Gasteiger partial charge >= 0.3 is 0 Å². The maximum atomic E-state index is 3.94. The van der Waals surface area contributed by atoms with Crippen LogP contribution in [0.25, 0.3) is 0 Å². The zero-order chi connectivity index (χ0) is 12.3. The molecule has 1 atom stereocenters. The van der Waals surface area contributed by atoms with Gasteiger partial charge in [0.05, 0.1) is 0 Å². The Morgan fingerprint density at radius 3 is 1.65 bits per heavy atom. The molecule has 1 rings (SSSR count). The molecule has 0 bridgehead atoms. The van der Waals surface area contributed by atoms with Crippen molar-refractivity contribution in [2.45, 2.75) is 95.2 Å². The molecule has 1 unspecified atom stereocenters. The van der Waals surface area contributed by atoms with Crippen molar-refractivity contribution in [3.8, 4) is 0 Å². The third-order valence-electron chi connectivity index (χ3n) is 4.23. The Morgan fingerprint density at radius 1 is 0.824 bits per heavy atom. The average Bonchev–Trinajstić information content (AvgIpc) is 2.30. The molecule has 0 radical (unpaired) electrons. The van der Waals surface area contributed by atoms with Crippen molar-refractivity contribution in [2.75, 3.05) is 0 Å². The molecule has 102 valence electrons. The quantitative estimate of drug-likeness (QED) is 0.524. The minimum absolute atomic E-state index is 0.787. The van der Waals surface area contributed by atoms with E-state index < -0.39 is 0 Å². The van der Waals surface area contributed by atoms with Gasteiger partial charge in [-0.2, -0.15) is 0 Å². The predicted molar refractivity (Wildman–Crippen MR) is 81.9 cm³/mol. The lowest BCUT2D eigenvalue weighted by atomic mass is 9.89. The van der Waals surface area contributed by atoms with Crippen LogP contribution in [0.1, 0.15) is 90.4 Å². The highest BCUT2D eigenvalue weighted by molar-refractivity contribution is 9.09. The van der Waals surface area contributed by atoms with Crippen molar-refractivity contribution >= 4 is 15.9 Å². The molecule has 1 saturated carbocycles. The minimum Gasteiger partial charge on any atom is -0.0888 e. The van der Waals surface area contributed by atoms with Gasteiger partial charge in [-0.25, -0.2) is 0 Å². The predicted octanol–water partition coefficient (Wildman–Crippen LogP) is 6.47. The maximum Gasteiger partial charge on any atom is 0.0174 e. The molecular formula is C16H31Br. The van der Waals surface area contributed by atoms with Gasteiger partial charge in [0, 0.05) is 4.83 Å². The van der Waals surface area contributed by atoms with Crippen LogP contribution in [0, 0.1) is 5.92 Å². The Kier molecular flexibility index (Phi) is 9.51. The van der Waals surface area contributed by atoms with Gasteiger partial charge in [-0.3, -0.25) is 0 Å². The first-order valence-corrected chi connectivity index (χ1v) is 8.90. The standard InChI is InChI=1S/C16H31Br/c1-2-12-16(17)15-13-10-8-6-4-3-5-7-9-11-14-15/h15-16H,2-14H2,1H3. The Bertz CT molecular complexity index is 155. The van der Waals surface area contributed by atoms with E-state index in [1.807, 2.05) is 0 Å². The number of hydrogen-bond donors (Lipinski definition) is 0. The van der Waals surface area contributed by atoms with Crippen LogP contribution in [0.4, 0.5) is 0 Å². The molecule has 1 aliphatic rings. The van der Waals surface area contributed by atoms with E-state index in [0.29, 0.717) is 0 Å². The SMILES string of the molecule is CCCC(Br)C1CCCCCCCCCCC1. The van der Waals surface area contributed by atoms with Crippen molar-refractivity contribution in [3.63, 3.8) is 0 Å². The summed E-state index contributed by atoms with van der Waals surface area (Å²) in [6.45, 7) is 2.31. The molecule has 0 N–H and O–H groups in total. The van der Waals surface area contributed by atoms with Crippen LogP contribution in [0.15, 0.2) is 0 Å². The highest BCUT2D eigenvalue weighted by Crippen LogP contribution is 2.29. The smallest absolute Gasteiger partial charge is 0.0174 e. The monoisotopic (exact) mass is 302 g/mol. The van der Waals surface area contributed by atoms with Crippen molar-refractivity contribution < 1.29 is 0 Å². The zero-order valence-corrected chi connectivity index (χ0v) is 13.3. The molecule has 0 amide bonds. The third-order valence-corrected chi connectivity index (χ3v) is 5.43. The summed E-state index contributed by atoms with van der Waals surface area (Å²) >= 11 is 3.94. The van der Waals surface area contributed by atoms with E-state index in [1.165, 1.54) is 83.5 Å². The first-order valence-electron chi connectivity index (χ1n) is 7.98. The highest BCUT2D eigenvalue weighted by atomic mass is 79.9. The van der Waals surface area contributed by atoms with Crippen molar-refractivity contribution in [2.24, 2.45) is 5.92 Å². The first-order chi connectivity index (χ1) is 8.34. The Labute approximate surface area is 117 Å². The molecule has 0 heterocycles. The van der Waals surface area contributed by atoms with Crippen molar-refractivity contribution in [1.29, 1.82) is 0 Å². The van der Waals surface area contributed by atoms with E-state index in [1.54, 1.807) is 0 Å². The number of rotatable bonds is 3. The van der Waals surface area contributed by atoms with Gasteiger partial charge in [0.15, 0.2) is 0 Å². The Balaban J connectivity index is 2.31. The summed E-state index contributed by atoms with van der Waals surface area (Å²) in [6.07, 6.45) is 18.9. The molecule has 1 aliphatic carbocycles. The maximum absolute atomic E-state index is 3.94. The molecule has 0 spiro atoms. The average molecular weight is 303 g/mol. The van der Waals surface area contributed by atoms with E-state index in [-0.39, 0.29) is 0 Å². The van der Waals surface area contributed by atoms with Gasteiger partial charge < -0.3 is 0 Å². The summed E-state index contributed by atoms with van der Waals surface area (Å²) in [5.74, 6) is 0.953. The molecular weight excluding hydrogens is 272 g/mol. The molecule has 0 aromatic carbocycles. The number of alkyl halides is 1. The molecule has 17 heavy (non-hydrogen) atoms. The van der Waals surface area contributed by atoms with Crippen LogP contribution in [0.3, 0.4) is 0 Å². The summed E-state index contributed by atoms with van der Waals surface area (Å²) in [7, 11) is 0. The van der Waals surface area contributed by atoms with Gasteiger partial charge in [-0.15, -0.1) is 0 Å². The molecule has 1 heteroatoms. The number of halogens is 1. The lowest BCUT2D eigenvalue weighted by molar-refractivity contribution is 0.378. The summed E-state index contributed by atoms with van der Waals surface area (Å²) in [4.78, 5) is 0.787. The fourth-order valence-electron chi connectivity index (χ4n) is 3.07. The molecule has 0 nitrogen and oxygen atoms in total. The van der Waals surface area contributed by atoms with Crippen molar-refractivity contribution in [1.82, 2.24) is 0 Å². The van der Waals surface area contributed by atoms with Gasteiger partial charge in [0.1, 0.15) is 0 Å². The molecule has 0 aromatic rings. The van der Waals surface area contributed by atoms with E-state index in [0.717, 1.165) is 10.7 Å². The van der Waals surface area contributed by atoms with Crippen LogP contribution in [-0.2, 0) is 0 Å². The van der Waals surface area contributed by atoms with Crippen LogP contribution in [-0.4, -0.2) is 4.83 Å². The lowest BCUT2D eigenvalue weighted by Gasteiger charge is -2.23. The van der Waals surface area contributed by atoms with Gasteiger partial charge in [0.2, 0.25) is 0 Å². The van der Waals surface area contributed by atoms with Gasteiger partial charge in [-0.05, 0) is 25.2 Å². The zero-order valence-electron chi connectivity index (χ0n) is 11.7. The highest BCUT2D eigenvalue weighted by Gasteiger charge is 2.17. The number of hydrogen-bond acceptors (Lipinski definition) is 0. The second-order valence-corrected chi connectivity index (χ2v) is 7.00. The first kappa shape index (κ1) is 15.5. The second kappa shape index (κ2) is 10.4. The third kappa shape index (κ3) is 7.49. The van der Waals surface area contributed by atoms with E-state index in [9.17, 15) is 0 Å². The van der Waals surface area contributed by atoms with Gasteiger partial charge in [-0.1, -0.05) is 87.1 Å². The van der Waals surface area contributed by atoms with Crippen LogP contribution >= 0.6 is 15.9 Å². The largest absolute Gasteiger partial charge is 0.0888 e. The fraction of sp³-hybridized carbons (Fsp3) is 1.00. The summed E-state index contributed by atoms with van der Waals surface area (Å²) in [6, 6.07) is 0. The van der Waals surface area contributed by atoms with Crippen LogP contribution < -0.4 is 0 Å². The van der Waals surface area contributed by atoms with E-state index >= 15 is 0 Å². The van der Waals surface area contributed by atoms with Gasteiger partial charge in [0.25, 0.3) is 0 Å². The molecule has 0 aliphatic heterocycles. The Morgan fingerprint density at radius 2 is 1.24 bits per heavy atom. The molecule has 0 aromatic heterocycles. The second-order valence-electron chi connectivity index (χ2n) is 5.82. The van der Waals surface area contributed by atoms with E-state index in [4.69, 9.17) is 0 Å².